The maximum absolute atomic E-state index is 10.8. The average Bonchev–Trinajstić information content (AvgIpc) is 2.93. The third-order valence-electron chi connectivity index (χ3n) is 3.67. The molecule has 1 saturated heterocycles. The zero-order chi connectivity index (χ0) is 15.6. The van der Waals surface area contributed by atoms with E-state index in [2.05, 4.69) is 10.3 Å². The molecule has 0 atom stereocenters. The van der Waals surface area contributed by atoms with Crippen LogP contribution in [0.5, 0.6) is 0 Å². The number of hydrogen-bond acceptors (Lipinski definition) is 6. The monoisotopic (exact) mass is 303 g/mol. The van der Waals surface area contributed by atoms with Crippen molar-refractivity contribution < 1.29 is 14.4 Å². The Morgan fingerprint density at radius 1 is 1.32 bits per heavy atom. The standard InChI is InChI=1S/C15H17N3O4/c1-15(21-8-9-22-15)6-7-16-14-5-2-11-10-12(18(19)20)3-4-13(11)17-14/h2-5,10H,6-9H2,1H3,(H,16,17). The molecule has 2 heterocycles. The Kier molecular flexibility index (Phi) is 3.91. The van der Waals surface area contributed by atoms with Crippen LogP contribution in [0.25, 0.3) is 10.9 Å². The van der Waals surface area contributed by atoms with E-state index in [1.54, 1.807) is 6.07 Å². The number of pyridine rings is 1. The molecule has 1 aliphatic heterocycles. The number of ether oxygens (including phenoxy) is 2. The lowest BCUT2D eigenvalue weighted by Crippen LogP contribution is -2.28. The highest BCUT2D eigenvalue weighted by Gasteiger charge is 2.30. The normalized spacial score (nSPS) is 16.8. The summed E-state index contributed by atoms with van der Waals surface area (Å²) < 4.78 is 11.1. The van der Waals surface area contributed by atoms with Gasteiger partial charge in [-0.05, 0) is 25.1 Å². The first kappa shape index (κ1) is 14.7. The summed E-state index contributed by atoms with van der Waals surface area (Å²) >= 11 is 0. The Morgan fingerprint density at radius 2 is 2.09 bits per heavy atom. The molecule has 0 aliphatic carbocycles. The third kappa shape index (κ3) is 3.15. The Bertz CT molecular complexity index is 698. The van der Waals surface area contributed by atoms with Crippen molar-refractivity contribution in [1.29, 1.82) is 0 Å². The Hall–Kier alpha value is -2.25. The summed E-state index contributed by atoms with van der Waals surface area (Å²) in [7, 11) is 0. The zero-order valence-corrected chi connectivity index (χ0v) is 12.2. The number of nitro benzene ring substituents is 1. The number of fused-ring (bicyclic) bond motifs is 1. The minimum atomic E-state index is -0.523. The molecular weight excluding hydrogens is 286 g/mol. The molecule has 1 aliphatic rings. The second-order valence-corrected chi connectivity index (χ2v) is 5.34. The van der Waals surface area contributed by atoms with Crippen molar-refractivity contribution in [3.8, 4) is 0 Å². The van der Waals surface area contributed by atoms with E-state index in [9.17, 15) is 10.1 Å². The van der Waals surface area contributed by atoms with Crippen molar-refractivity contribution in [2.45, 2.75) is 19.1 Å². The van der Waals surface area contributed by atoms with E-state index in [4.69, 9.17) is 9.47 Å². The number of rotatable bonds is 5. The number of nitrogens with zero attached hydrogens (tertiary/aromatic N) is 2. The molecule has 0 radical (unpaired) electrons. The van der Waals surface area contributed by atoms with Crippen LogP contribution in [0.4, 0.5) is 11.5 Å². The molecule has 0 spiro atoms. The summed E-state index contributed by atoms with van der Waals surface area (Å²) in [5, 5.41) is 14.7. The number of hydrogen-bond donors (Lipinski definition) is 1. The predicted molar refractivity (Wildman–Crippen MR) is 81.8 cm³/mol. The van der Waals surface area contributed by atoms with E-state index in [-0.39, 0.29) is 5.69 Å². The molecule has 2 aromatic rings. The van der Waals surface area contributed by atoms with Gasteiger partial charge >= 0.3 is 0 Å². The van der Waals surface area contributed by atoms with E-state index < -0.39 is 10.7 Å². The van der Waals surface area contributed by atoms with Crippen LogP contribution < -0.4 is 5.32 Å². The van der Waals surface area contributed by atoms with Gasteiger partial charge < -0.3 is 14.8 Å². The van der Waals surface area contributed by atoms with Gasteiger partial charge in [0, 0.05) is 30.5 Å². The lowest BCUT2D eigenvalue weighted by molar-refractivity contribution is -0.384. The van der Waals surface area contributed by atoms with Gasteiger partial charge in [-0.1, -0.05) is 0 Å². The van der Waals surface area contributed by atoms with Crippen molar-refractivity contribution >= 4 is 22.4 Å². The lowest BCUT2D eigenvalue weighted by Gasteiger charge is -2.22. The van der Waals surface area contributed by atoms with Crippen LogP contribution in [-0.4, -0.2) is 35.5 Å². The molecular formula is C15H17N3O4. The fourth-order valence-electron chi connectivity index (χ4n) is 2.44. The fraction of sp³-hybridized carbons (Fsp3) is 0.400. The maximum Gasteiger partial charge on any atom is 0.270 e. The molecule has 22 heavy (non-hydrogen) atoms. The molecule has 0 amide bonds. The first-order valence-electron chi connectivity index (χ1n) is 7.13. The molecule has 1 aromatic carbocycles. The second-order valence-electron chi connectivity index (χ2n) is 5.34. The van der Waals surface area contributed by atoms with Gasteiger partial charge in [-0.2, -0.15) is 0 Å². The van der Waals surface area contributed by atoms with Gasteiger partial charge in [-0.25, -0.2) is 4.98 Å². The molecule has 116 valence electrons. The summed E-state index contributed by atoms with van der Waals surface area (Å²) in [4.78, 5) is 14.8. The van der Waals surface area contributed by atoms with Crippen LogP contribution in [0.15, 0.2) is 30.3 Å². The van der Waals surface area contributed by atoms with Gasteiger partial charge in [0.15, 0.2) is 5.79 Å². The highest BCUT2D eigenvalue weighted by atomic mass is 16.7. The van der Waals surface area contributed by atoms with E-state index >= 15 is 0 Å². The van der Waals surface area contributed by atoms with Crippen LogP contribution in [-0.2, 0) is 9.47 Å². The van der Waals surface area contributed by atoms with Crippen LogP contribution in [0.2, 0.25) is 0 Å². The lowest BCUT2D eigenvalue weighted by atomic mass is 10.2. The summed E-state index contributed by atoms with van der Waals surface area (Å²) in [6.45, 7) is 3.85. The number of non-ortho nitro benzene ring substituents is 1. The van der Waals surface area contributed by atoms with Crippen LogP contribution in [0.1, 0.15) is 13.3 Å². The van der Waals surface area contributed by atoms with Gasteiger partial charge in [0.05, 0.1) is 23.7 Å². The Balaban J connectivity index is 1.67. The Morgan fingerprint density at radius 3 is 2.82 bits per heavy atom. The molecule has 7 heteroatoms. The summed E-state index contributed by atoms with van der Waals surface area (Å²) in [6.07, 6.45) is 0.715. The largest absolute Gasteiger partial charge is 0.370 e. The topological polar surface area (TPSA) is 86.5 Å². The van der Waals surface area contributed by atoms with Crippen molar-refractivity contribution in [1.82, 2.24) is 4.98 Å². The van der Waals surface area contributed by atoms with Crippen molar-refractivity contribution in [3.63, 3.8) is 0 Å². The molecule has 3 rings (SSSR count). The number of nitro groups is 1. The SMILES string of the molecule is CC1(CCNc2ccc3cc([N+](=O)[O-])ccc3n2)OCCO1. The third-order valence-corrected chi connectivity index (χ3v) is 3.67. The zero-order valence-electron chi connectivity index (χ0n) is 12.2. The minimum absolute atomic E-state index is 0.0680. The van der Waals surface area contributed by atoms with E-state index in [1.807, 2.05) is 19.1 Å². The van der Waals surface area contributed by atoms with Gasteiger partial charge in [0.25, 0.3) is 5.69 Å². The van der Waals surface area contributed by atoms with E-state index in [1.165, 1.54) is 12.1 Å². The molecule has 1 fully saturated rings. The average molecular weight is 303 g/mol. The molecule has 7 nitrogen and oxygen atoms in total. The van der Waals surface area contributed by atoms with Gasteiger partial charge in [0.1, 0.15) is 5.82 Å². The molecule has 0 bridgehead atoms. The van der Waals surface area contributed by atoms with Crippen molar-refractivity contribution in [2.75, 3.05) is 25.1 Å². The highest BCUT2D eigenvalue weighted by molar-refractivity contribution is 5.82. The number of anilines is 1. The van der Waals surface area contributed by atoms with Crippen LogP contribution in [0, 0.1) is 10.1 Å². The predicted octanol–water partition coefficient (Wildman–Crippen LogP) is 2.71. The number of aromatic nitrogens is 1. The molecule has 0 unspecified atom stereocenters. The second kappa shape index (κ2) is 5.86. The van der Waals surface area contributed by atoms with Crippen LogP contribution in [0.3, 0.4) is 0 Å². The highest BCUT2D eigenvalue weighted by Crippen LogP contribution is 2.23. The maximum atomic E-state index is 10.8. The van der Waals surface area contributed by atoms with Gasteiger partial charge in [-0.3, -0.25) is 10.1 Å². The first-order chi connectivity index (χ1) is 10.6. The minimum Gasteiger partial charge on any atom is -0.370 e. The fourth-order valence-corrected chi connectivity index (χ4v) is 2.44. The summed E-state index contributed by atoms with van der Waals surface area (Å²) in [5.74, 6) is 0.202. The molecule has 1 aromatic heterocycles. The van der Waals surface area contributed by atoms with E-state index in [0.717, 1.165) is 16.7 Å². The Labute approximate surface area is 127 Å². The van der Waals surface area contributed by atoms with Crippen LogP contribution >= 0.6 is 0 Å². The molecule has 1 N–H and O–H groups in total. The number of nitrogens with one attached hydrogen (secondary N) is 1. The van der Waals surface area contributed by atoms with Crippen molar-refractivity contribution in [2.24, 2.45) is 0 Å². The van der Waals surface area contributed by atoms with Gasteiger partial charge in [0.2, 0.25) is 0 Å². The molecule has 0 saturated carbocycles. The summed E-state index contributed by atoms with van der Waals surface area (Å²) in [5.41, 5.74) is 0.786. The summed E-state index contributed by atoms with van der Waals surface area (Å²) in [6, 6.07) is 8.27. The number of benzene rings is 1. The first-order valence-corrected chi connectivity index (χ1v) is 7.13. The smallest absolute Gasteiger partial charge is 0.270 e. The van der Waals surface area contributed by atoms with E-state index in [0.29, 0.717) is 26.2 Å². The quantitative estimate of drug-likeness (QED) is 0.675. The van der Waals surface area contributed by atoms with Gasteiger partial charge in [-0.15, -0.1) is 0 Å². The van der Waals surface area contributed by atoms with Crippen molar-refractivity contribution in [3.05, 3.63) is 40.4 Å².